The van der Waals surface area contributed by atoms with Crippen LogP contribution >= 0.6 is 0 Å². The molecule has 8 heteroatoms. The predicted octanol–water partition coefficient (Wildman–Crippen LogP) is -0.0218. The molecule has 0 radical (unpaired) electrons. The fraction of sp³-hybridized carbons (Fsp3) is 0.353. The molecule has 0 spiro atoms. The van der Waals surface area contributed by atoms with Gasteiger partial charge in [-0.1, -0.05) is 12.1 Å². The lowest BCUT2D eigenvalue weighted by atomic mass is 10.1. The summed E-state index contributed by atoms with van der Waals surface area (Å²) < 4.78 is 7.70. The quantitative estimate of drug-likeness (QED) is 0.847. The highest BCUT2D eigenvalue weighted by molar-refractivity contribution is 5.98. The summed E-state index contributed by atoms with van der Waals surface area (Å²) in [7, 11) is 0. The van der Waals surface area contributed by atoms with Crippen molar-refractivity contribution in [2.75, 3.05) is 24.5 Å². The van der Waals surface area contributed by atoms with Gasteiger partial charge in [0, 0.05) is 25.5 Å². The Morgan fingerprint density at radius 1 is 1.28 bits per heavy atom. The van der Waals surface area contributed by atoms with Gasteiger partial charge in [0.25, 0.3) is 5.91 Å². The number of carbonyl (C=O) groups is 2. The van der Waals surface area contributed by atoms with Crippen molar-refractivity contribution in [2.24, 2.45) is 5.73 Å². The molecule has 4 rings (SSSR count). The van der Waals surface area contributed by atoms with Gasteiger partial charge in [-0.3, -0.25) is 14.5 Å². The number of hydrogen-bond acceptors (Lipinski definition) is 5. The first-order valence-electron chi connectivity index (χ1n) is 8.19. The Labute approximate surface area is 144 Å². The maximum Gasteiger partial charge on any atom is 0.260 e. The number of rotatable bonds is 3. The van der Waals surface area contributed by atoms with Gasteiger partial charge in [-0.2, -0.15) is 0 Å². The lowest BCUT2D eigenvalue weighted by Crippen LogP contribution is -2.52. The first-order chi connectivity index (χ1) is 12.1. The van der Waals surface area contributed by atoms with E-state index in [9.17, 15) is 9.59 Å². The van der Waals surface area contributed by atoms with Crippen LogP contribution in [-0.4, -0.2) is 52.0 Å². The van der Waals surface area contributed by atoms with Crippen LogP contribution in [0.25, 0.3) is 0 Å². The van der Waals surface area contributed by atoms with Crippen LogP contribution in [0.2, 0.25) is 0 Å². The van der Waals surface area contributed by atoms with E-state index < -0.39 is 12.0 Å². The standard InChI is InChI=1S/C17H19N5O3/c18-17(24)14-9-22(12-3-1-2-4-13(12)25-14)16(23)11-20-7-8-21-6-5-19-15(21)10-20/h1-6,14H,7-11H2,(H2,18,24)/t14-/m1/s1. The zero-order chi connectivity index (χ0) is 17.4. The zero-order valence-electron chi connectivity index (χ0n) is 13.7. The molecule has 2 aliphatic rings. The molecule has 0 saturated carbocycles. The molecule has 0 bridgehead atoms. The van der Waals surface area contributed by atoms with Crippen LogP contribution in [0.3, 0.4) is 0 Å². The van der Waals surface area contributed by atoms with Crippen LogP contribution in [0.15, 0.2) is 36.7 Å². The Morgan fingerprint density at radius 2 is 2.12 bits per heavy atom. The van der Waals surface area contributed by atoms with E-state index in [4.69, 9.17) is 10.5 Å². The molecule has 1 aromatic carbocycles. The summed E-state index contributed by atoms with van der Waals surface area (Å²) in [6.07, 6.45) is 2.89. The number of primary amides is 1. The van der Waals surface area contributed by atoms with E-state index in [-0.39, 0.29) is 19.0 Å². The Kier molecular flexibility index (Phi) is 3.89. The van der Waals surface area contributed by atoms with E-state index in [2.05, 4.69) is 14.5 Å². The third-order valence-electron chi connectivity index (χ3n) is 4.57. The molecule has 2 N–H and O–H groups in total. The molecule has 3 heterocycles. The van der Waals surface area contributed by atoms with Crippen LogP contribution in [-0.2, 0) is 22.7 Å². The molecular formula is C17H19N5O3. The van der Waals surface area contributed by atoms with Gasteiger partial charge < -0.3 is 19.9 Å². The number of para-hydroxylation sites is 2. The number of anilines is 1. The van der Waals surface area contributed by atoms with Gasteiger partial charge in [-0.25, -0.2) is 4.98 Å². The minimum atomic E-state index is -0.834. The molecule has 1 atom stereocenters. The predicted molar refractivity (Wildman–Crippen MR) is 89.9 cm³/mol. The first kappa shape index (κ1) is 15.6. The topological polar surface area (TPSA) is 93.7 Å². The number of imidazole rings is 1. The second-order valence-electron chi connectivity index (χ2n) is 6.23. The van der Waals surface area contributed by atoms with Gasteiger partial charge in [-0.15, -0.1) is 0 Å². The van der Waals surface area contributed by atoms with Crippen molar-refractivity contribution >= 4 is 17.5 Å². The van der Waals surface area contributed by atoms with Crippen LogP contribution in [0.5, 0.6) is 5.75 Å². The lowest BCUT2D eigenvalue weighted by Gasteiger charge is -2.35. The van der Waals surface area contributed by atoms with Crippen molar-refractivity contribution in [2.45, 2.75) is 19.2 Å². The number of ether oxygens (including phenoxy) is 1. The van der Waals surface area contributed by atoms with E-state index in [1.807, 2.05) is 18.3 Å². The molecule has 0 aliphatic carbocycles. The third kappa shape index (κ3) is 2.96. The lowest BCUT2D eigenvalue weighted by molar-refractivity contribution is -0.125. The van der Waals surface area contributed by atoms with Crippen molar-refractivity contribution in [1.29, 1.82) is 0 Å². The summed E-state index contributed by atoms with van der Waals surface area (Å²) in [6, 6.07) is 7.19. The SMILES string of the molecule is NC(=O)[C@H]1CN(C(=O)CN2CCn3ccnc3C2)c2ccccc2O1. The third-order valence-corrected chi connectivity index (χ3v) is 4.57. The zero-order valence-corrected chi connectivity index (χ0v) is 13.7. The molecule has 8 nitrogen and oxygen atoms in total. The van der Waals surface area contributed by atoms with Gasteiger partial charge >= 0.3 is 0 Å². The molecule has 0 saturated heterocycles. The Morgan fingerprint density at radius 3 is 2.96 bits per heavy atom. The smallest absolute Gasteiger partial charge is 0.260 e. The summed E-state index contributed by atoms with van der Waals surface area (Å²) in [6.45, 7) is 2.61. The van der Waals surface area contributed by atoms with E-state index in [0.717, 1.165) is 18.9 Å². The first-order valence-corrected chi connectivity index (χ1v) is 8.19. The number of amides is 2. The number of fused-ring (bicyclic) bond motifs is 2. The van der Waals surface area contributed by atoms with Crippen LogP contribution in [0.4, 0.5) is 5.69 Å². The Hall–Kier alpha value is -2.87. The van der Waals surface area contributed by atoms with Gasteiger partial charge in [0.2, 0.25) is 5.91 Å². The summed E-state index contributed by atoms with van der Waals surface area (Å²) in [5.41, 5.74) is 6.06. The number of nitrogens with two attached hydrogens (primary N) is 1. The van der Waals surface area contributed by atoms with E-state index in [1.54, 1.807) is 23.2 Å². The number of carbonyl (C=O) groups excluding carboxylic acids is 2. The highest BCUT2D eigenvalue weighted by Crippen LogP contribution is 2.33. The molecule has 2 aliphatic heterocycles. The van der Waals surface area contributed by atoms with Crippen molar-refractivity contribution in [3.8, 4) is 5.75 Å². The Balaban J connectivity index is 1.52. The minimum Gasteiger partial charge on any atom is -0.477 e. The van der Waals surface area contributed by atoms with Crippen LogP contribution in [0, 0.1) is 0 Å². The van der Waals surface area contributed by atoms with Gasteiger partial charge in [-0.05, 0) is 12.1 Å². The number of aromatic nitrogens is 2. The van der Waals surface area contributed by atoms with E-state index in [1.165, 1.54) is 0 Å². The molecule has 2 aromatic rings. The average Bonchev–Trinajstić information content (AvgIpc) is 3.08. The highest BCUT2D eigenvalue weighted by atomic mass is 16.5. The van der Waals surface area contributed by atoms with Gasteiger partial charge in [0.05, 0.1) is 25.3 Å². The average molecular weight is 341 g/mol. The maximum absolute atomic E-state index is 12.9. The van der Waals surface area contributed by atoms with Crippen molar-refractivity contribution < 1.29 is 14.3 Å². The molecule has 130 valence electrons. The normalized spacial score (nSPS) is 19.7. The Bertz CT molecular complexity index is 818. The van der Waals surface area contributed by atoms with Crippen molar-refractivity contribution in [3.63, 3.8) is 0 Å². The molecule has 1 aromatic heterocycles. The monoisotopic (exact) mass is 341 g/mol. The fourth-order valence-electron chi connectivity index (χ4n) is 3.25. The fourth-order valence-corrected chi connectivity index (χ4v) is 3.25. The summed E-state index contributed by atoms with van der Waals surface area (Å²) in [5.74, 6) is 0.797. The second-order valence-corrected chi connectivity index (χ2v) is 6.23. The summed E-state index contributed by atoms with van der Waals surface area (Å²) >= 11 is 0. The second kappa shape index (κ2) is 6.21. The maximum atomic E-state index is 12.9. The molecule has 2 amide bonds. The van der Waals surface area contributed by atoms with Crippen molar-refractivity contribution in [3.05, 3.63) is 42.5 Å². The van der Waals surface area contributed by atoms with E-state index in [0.29, 0.717) is 18.0 Å². The summed E-state index contributed by atoms with van der Waals surface area (Å²) in [4.78, 5) is 32.4. The van der Waals surface area contributed by atoms with E-state index >= 15 is 0 Å². The van der Waals surface area contributed by atoms with Crippen LogP contribution in [0.1, 0.15) is 5.82 Å². The highest BCUT2D eigenvalue weighted by Gasteiger charge is 2.33. The number of benzene rings is 1. The van der Waals surface area contributed by atoms with Crippen LogP contribution < -0.4 is 15.4 Å². The van der Waals surface area contributed by atoms with Gasteiger partial charge in [0.15, 0.2) is 6.10 Å². The number of hydrogen-bond donors (Lipinski definition) is 1. The minimum absolute atomic E-state index is 0.0815. The molecular weight excluding hydrogens is 322 g/mol. The summed E-state index contributed by atoms with van der Waals surface area (Å²) in [5, 5.41) is 0. The largest absolute Gasteiger partial charge is 0.477 e. The van der Waals surface area contributed by atoms with Gasteiger partial charge in [0.1, 0.15) is 11.6 Å². The molecule has 0 fully saturated rings. The number of nitrogens with zero attached hydrogens (tertiary/aromatic N) is 4. The molecule has 25 heavy (non-hydrogen) atoms. The van der Waals surface area contributed by atoms with Crippen molar-refractivity contribution in [1.82, 2.24) is 14.5 Å². The molecule has 0 unspecified atom stereocenters.